The maximum absolute atomic E-state index is 12.7. The third-order valence-corrected chi connectivity index (χ3v) is 4.35. The van der Waals surface area contributed by atoms with Crippen molar-refractivity contribution in [2.75, 3.05) is 19.8 Å². The van der Waals surface area contributed by atoms with Crippen LogP contribution in [0.5, 0.6) is 0 Å². The first-order valence-electron chi connectivity index (χ1n) is 7.39. The Balaban J connectivity index is 2.13. The summed E-state index contributed by atoms with van der Waals surface area (Å²) in [5, 5.41) is 12.1. The SMILES string of the molecule is O=C(O)CCCNC(=O)C1(c2ccccc2Cl)CCOCC1. The Morgan fingerprint density at radius 1 is 1.27 bits per heavy atom. The quantitative estimate of drug-likeness (QED) is 0.787. The average molecular weight is 326 g/mol. The van der Waals surface area contributed by atoms with Crippen LogP contribution < -0.4 is 5.32 Å². The fourth-order valence-corrected chi connectivity index (χ4v) is 3.12. The molecule has 1 aromatic carbocycles. The molecule has 1 aliphatic heterocycles. The molecule has 120 valence electrons. The minimum Gasteiger partial charge on any atom is -0.481 e. The van der Waals surface area contributed by atoms with Crippen LogP contribution in [-0.4, -0.2) is 36.7 Å². The first-order valence-corrected chi connectivity index (χ1v) is 7.77. The van der Waals surface area contributed by atoms with Crippen molar-refractivity contribution in [2.45, 2.75) is 31.1 Å². The van der Waals surface area contributed by atoms with Crippen LogP contribution in [0.25, 0.3) is 0 Å². The third-order valence-electron chi connectivity index (χ3n) is 4.02. The van der Waals surface area contributed by atoms with Crippen LogP contribution >= 0.6 is 11.6 Å². The van der Waals surface area contributed by atoms with Crippen LogP contribution in [0.2, 0.25) is 5.02 Å². The van der Waals surface area contributed by atoms with Gasteiger partial charge in [-0.2, -0.15) is 0 Å². The highest BCUT2D eigenvalue weighted by Gasteiger charge is 2.42. The van der Waals surface area contributed by atoms with Crippen molar-refractivity contribution < 1.29 is 19.4 Å². The van der Waals surface area contributed by atoms with Gasteiger partial charge in [-0.05, 0) is 30.9 Å². The van der Waals surface area contributed by atoms with E-state index in [1.165, 1.54) is 0 Å². The second-order valence-electron chi connectivity index (χ2n) is 5.43. The molecule has 2 N–H and O–H groups in total. The zero-order valence-electron chi connectivity index (χ0n) is 12.3. The molecular weight excluding hydrogens is 306 g/mol. The molecule has 0 radical (unpaired) electrons. The van der Waals surface area contributed by atoms with E-state index >= 15 is 0 Å². The van der Waals surface area contributed by atoms with E-state index in [1.54, 1.807) is 6.07 Å². The van der Waals surface area contributed by atoms with Crippen molar-refractivity contribution in [3.8, 4) is 0 Å². The summed E-state index contributed by atoms with van der Waals surface area (Å²) in [6.45, 7) is 1.36. The maximum Gasteiger partial charge on any atom is 0.303 e. The van der Waals surface area contributed by atoms with Crippen LogP contribution in [0.15, 0.2) is 24.3 Å². The van der Waals surface area contributed by atoms with Crippen molar-refractivity contribution in [3.63, 3.8) is 0 Å². The highest BCUT2D eigenvalue weighted by molar-refractivity contribution is 6.31. The number of nitrogens with one attached hydrogen (secondary N) is 1. The van der Waals surface area contributed by atoms with Gasteiger partial charge in [0.15, 0.2) is 0 Å². The molecule has 0 bridgehead atoms. The van der Waals surface area contributed by atoms with Crippen LogP contribution in [-0.2, 0) is 19.7 Å². The summed E-state index contributed by atoms with van der Waals surface area (Å²) in [6, 6.07) is 7.37. The largest absolute Gasteiger partial charge is 0.481 e. The summed E-state index contributed by atoms with van der Waals surface area (Å²) in [5.41, 5.74) is 0.121. The smallest absolute Gasteiger partial charge is 0.303 e. The Morgan fingerprint density at radius 2 is 1.95 bits per heavy atom. The number of aliphatic carboxylic acids is 1. The Kier molecular flexibility index (Phi) is 5.80. The molecule has 0 atom stereocenters. The Hall–Kier alpha value is -1.59. The van der Waals surface area contributed by atoms with Gasteiger partial charge in [0, 0.05) is 31.2 Å². The van der Waals surface area contributed by atoms with Crippen molar-refractivity contribution >= 4 is 23.5 Å². The number of carboxylic acids is 1. The van der Waals surface area contributed by atoms with Gasteiger partial charge in [0.2, 0.25) is 5.91 Å². The zero-order chi connectivity index (χ0) is 16.0. The molecule has 1 saturated heterocycles. The molecular formula is C16H20ClNO4. The highest BCUT2D eigenvalue weighted by Crippen LogP contribution is 2.38. The molecule has 1 fully saturated rings. The van der Waals surface area contributed by atoms with Crippen molar-refractivity contribution in [1.29, 1.82) is 0 Å². The molecule has 1 heterocycles. The number of hydrogen-bond donors (Lipinski definition) is 2. The lowest BCUT2D eigenvalue weighted by Gasteiger charge is -2.36. The summed E-state index contributed by atoms with van der Waals surface area (Å²) >= 11 is 6.30. The molecule has 1 aromatic rings. The predicted molar refractivity (Wildman–Crippen MR) is 83.1 cm³/mol. The van der Waals surface area contributed by atoms with Gasteiger partial charge < -0.3 is 15.2 Å². The monoisotopic (exact) mass is 325 g/mol. The van der Waals surface area contributed by atoms with Crippen LogP contribution in [0.4, 0.5) is 0 Å². The van der Waals surface area contributed by atoms with E-state index in [9.17, 15) is 9.59 Å². The molecule has 2 rings (SSSR count). The van der Waals surface area contributed by atoms with Crippen LogP contribution in [0, 0.1) is 0 Å². The molecule has 5 nitrogen and oxygen atoms in total. The van der Waals surface area contributed by atoms with E-state index in [0.717, 1.165) is 5.56 Å². The highest BCUT2D eigenvalue weighted by atomic mass is 35.5. The molecule has 0 saturated carbocycles. The second-order valence-corrected chi connectivity index (χ2v) is 5.83. The number of hydrogen-bond acceptors (Lipinski definition) is 3. The van der Waals surface area contributed by atoms with E-state index in [2.05, 4.69) is 5.32 Å². The van der Waals surface area contributed by atoms with Gasteiger partial charge in [0.1, 0.15) is 0 Å². The lowest BCUT2D eigenvalue weighted by molar-refractivity contribution is -0.137. The number of halogens is 1. The van der Waals surface area contributed by atoms with Crippen LogP contribution in [0.1, 0.15) is 31.2 Å². The second kappa shape index (κ2) is 7.61. The summed E-state index contributed by atoms with van der Waals surface area (Å²) in [7, 11) is 0. The van der Waals surface area contributed by atoms with E-state index in [1.807, 2.05) is 18.2 Å². The number of ether oxygens (including phenoxy) is 1. The Labute approximate surface area is 134 Å². The van der Waals surface area contributed by atoms with E-state index in [-0.39, 0.29) is 12.3 Å². The molecule has 6 heteroatoms. The van der Waals surface area contributed by atoms with Crippen LogP contribution in [0.3, 0.4) is 0 Å². The fraction of sp³-hybridized carbons (Fsp3) is 0.500. The standard InChI is InChI=1S/C16H20ClNO4/c17-13-5-2-1-4-12(13)16(7-10-22-11-8-16)15(21)18-9-3-6-14(19)20/h1-2,4-5H,3,6-11H2,(H,18,21)(H,19,20). The van der Waals surface area contributed by atoms with Gasteiger partial charge in [-0.15, -0.1) is 0 Å². The molecule has 1 aliphatic rings. The number of carboxylic acid groups (broad SMARTS) is 1. The molecule has 0 spiro atoms. The number of rotatable bonds is 6. The maximum atomic E-state index is 12.7. The number of benzene rings is 1. The fourth-order valence-electron chi connectivity index (χ4n) is 2.80. The summed E-state index contributed by atoms with van der Waals surface area (Å²) in [5.74, 6) is -0.963. The first-order chi connectivity index (χ1) is 10.6. The number of amides is 1. The minimum absolute atomic E-state index is 0.0441. The minimum atomic E-state index is -0.860. The van der Waals surface area contributed by atoms with Crippen molar-refractivity contribution in [1.82, 2.24) is 5.32 Å². The third kappa shape index (κ3) is 3.78. The van der Waals surface area contributed by atoms with Gasteiger partial charge in [-0.3, -0.25) is 9.59 Å². The van der Waals surface area contributed by atoms with Gasteiger partial charge in [0.05, 0.1) is 5.41 Å². The topological polar surface area (TPSA) is 75.6 Å². The number of carbonyl (C=O) groups excluding carboxylic acids is 1. The molecule has 0 unspecified atom stereocenters. The van der Waals surface area contributed by atoms with E-state index in [0.29, 0.717) is 44.0 Å². The average Bonchev–Trinajstić information content (AvgIpc) is 2.52. The van der Waals surface area contributed by atoms with Crippen molar-refractivity contribution in [2.24, 2.45) is 0 Å². The van der Waals surface area contributed by atoms with E-state index in [4.69, 9.17) is 21.4 Å². The normalized spacial score (nSPS) is 17.0. The molecule has 1 amide bonds. The number of carbonyl (C=O) groups is 2. The van der Waals surface area contributed by atoms with Gasteiger partial charge >= 0.3 is 5.97 Å². The zero-order valence-corrected chi connectivity index (χ0v) is 13.1. The predicted octanol–water partition coefficient (Wildman–Crippen LogP) is 2.37. The van der Waals surface area contributed by atoms with Gasteiger partial charge in [-0.25, -0.2) is 0 Å². The van der Waals surface area contributed by atoms with Gasteiger partial charge in [0.25, 0.3) is 0 Å². The molecule has 0 aliphatic carbocycles. The first kappa shape index (κ1) is 16.8. The van der Waals surface area contributed by atoms with E-state index < -0.39 is 11.4 Å². The summed E-state index contributed by atoms with van der Waals surface area (Å²) in [6.07, 6.45) is 1.60. The van der Waals surface area contributed by atoms with Gasteiger partial charge in [-0.1, -0.05) is 29.8 Å². The Morgan fingerprint density at radius 3 is 2.59 bits per heavy atom. The lowest BCUT2D eigenvalue weighted by Crippen LogP contribution is -2.48. The lowest BCUT2D eigenvalue weighted by atomic mass is 9.73. The summed E-state index contributed by atoms with van der Waals surface area (Å²) < 4.78 is 5.39. The Bertz CT molecular complexity index is 541. The molecule has 0 aromatic heterocycles. The molecule has 22 heavy (non-hydrogen) atoms. The summed E-state index contributed by atoms with van der Waals surface area (Å²) in [4.78, 5) is 23.3. The van der Waals surface area contributed by atoms with Crippen molar-refractivity contribution in [3.05, 3.63) is 34.9 Å².